The maximum Gasteiger partial charge on any atom is 0.241 e. The number of halogens is 1. The molecule has 0 saturated carbocycles. The normalized spacial score (nSPS) is 11.9. The summed E-state index contributed by atoms with van der Waals surface area (Å²) in [7, 11) is -3.67. The molecule has 146 valence electrons. The quantitative estimate of drug-likeness (QED) is 0.726. The van der Waals surface area contributed by atoms with E-state index in [1.165, 1.54) is 12.1 Å². The van der Waals surface area contributed by atoms with Crippen molar-refractivity contribution >= 4 is 33.2 Å². The number of amides is 1. The molecule has 0 aliphatic heterocycles. The van der Waals surface area contributed by atoms with Crippen molar-refractivity contribution in [3.05, 3.63) is 53.6 Å². The van der Waals surface area contributed by atoms with Crippen LogP contribution in [0.3, 0.4) is 0 Å². The van der Waals surface area contributed by atoms with Crippen LogP contribution in [-0.4, -0.2) is 26.5 Å². The Kier molecular flexibility index (Phi) is 6.86. The summed E-state index contributed by atoms with van der Waals surface area (Å²) >= 11 is 5.80. The van der Waals surface area contributed by atoms with Crippen LogP contribution in [0.4, 0.5) is 5.69 Å². The zero-order valence-corrected chi connectivity index (χ0v) is 17.0. The zero-order chi connectivity index (χ0) is 20.1. The Labute approximate surface area is 164 Å². The van der Waals surface area contributed by atoms with Gasteiger partial charge in [-0.2, -0.15) is 0 Å². The molecule has 2 N–H and O–H groups in total. The van der Waals surface area contributed by atoms with Gasteiger partial charge < -0.3 is 10.1 Å². The largest absolute Gasteiger partial charge is 0.493 e. The van der Waals surface area contributed by atoms with Crippen LogP contribution in [0.1, 0.15) is 27.2 Å². The highest BCUT2D eigenvalue weighted by Gasteiger charge is 2.22. The fourth-order valence-electron chi connectivity index (χ4n) is 2.22. The van der Waals surface area contributed by atoms with Gasteiger partial charge in [-0.3, -0.25) is 4.79 Å². The monoisotopic (exact) mass is 410 g/mol. The van der Waals surface area contributed by atoms with Gasteiger partial charge in [0.05, 0.1) is 17.9 Å². The first-order valence-electron chi connectivity index (χ1n) is 8.37. The first-order chi connectivity index (χ1) is 12.5. The molecule has 0 spiro atoms. The van der Waals surface area contributed by atoms with Crippen molar-refractivity contribution < 1.29 is 17.9 Å². The Morgan fingerprint density at radius 2 is 1.78 bits per heavy atom. The summed E-state index contributed by atoms with van der Waals surface area (Å²) in [6, 6.07) is 13.0. The minimum atomic E-state index is -3.67. The predicted octanol–water partition coefficient (Wildman–Crippen LogP) is 3.82. The van der Waals surface area contributed by atoms with Crippen molar-refractivity contribution in [2.75, 3.05) is 11.9 Å². The van der Waals surface area contributed by atoms with Crippen molar-refractivity contribution in [3.8, 4) is 5.75 Å². The Bertz CT molecular complexity index is 891. The molecular weight excluding hydrogens is 388 g/mol. The molecule has 0 bridgehead atoms. The SMILES string of the molecule is CC(C)(C)NS(=O)(=O)c1cccc(NC(=O)CCOc2ccc(Cl)cc2)c1. The Balaban J connectivity index is 1.93. The summed E-state index contributed by atoms with van der Waals surface area (Å²) in [6.07, 6.45) is 0.125. The average molecular weight is 411 g/mol. The van der Waals surface area contributed by atoms with E-state index in [4.69, 9.17) is 16.3 Å². The Morgan fingerprint density at radius 1 is 1.11 bits per heavy atom. The second kappa shape index (κ2) is 8.73. The Hall–Kier alpha value is -2.09. The fourth-order valence-corrected chi connectivity index (χ4v) is 3.81. The fraction of sp³-hybridized carbons (Fsp3) is 0.316. The summed E-state index contributed by atoms with van der Waals surface area (Å²) in [5, 5.41) is 3.29. The highest BCUT2D eigenvalue weighted by atomic mass is 35.5. The molecule has 0 radical (unpaired) electrons. The van der Waals surface area contributed by atoms with E-state index in [0.717, 1.165) is 0 Å². The molecule has 0 saturated heterocycles. The summed E-state index contributed by atoms with van der Waals surface area (Å²) in [6.45, 7) is 5.47. The van der Waals surface area contributed by atoms with Crippen LogP contribution in [0.2, 0.25) is 5.02 Å². The lowest BCUT2D eigenvalue weighted by Gasteiger charge is -2.20. The first-order valence-corrected chi connectivity index (χ1v) is 10.2. The van der Waals surface area contributed by atoms with Gasteiger partial charge in [-0.1, -0.05) is 17.7 Å². The van der Waals surface area contributed by atoms with E-state index in [2.05, 4.69) is 10.0 Å². The second-order valence-electron chi connectivity index (χ2n) is 6.98. The van der Waals surface area contributed by atoms with E-state index in [1.54, 1.807) is 57.2 Å². The molecule has 2 rings (SSSR count). The topological polar surface area (TPSA) is 84.5 Å². The van der Waals surface area contributed by atoms with Crippen molar-refractivity contribution in [1.82, 2.24) is 4.72 Å². The molecular formula is C19H23ClN2O4S. The average Bonchev–Trinajstić information content (AvgIpc) is 2.55. The van der Waals surface area contributed by atoms with Crippen LogP contribution < -0.4 is 14.8 Å². The lowest BCUT2D eigenvalue weighted by molar-refractivity contribution is -0.116. The van der Waals surface area contributed by atoms with Gasteiger partial charge in [0, 0.05) is 16.2 Å². The third-order valence-corrected chi connectivity index (χ3v) is 5.29. The molecule has 6 nitrogen and oxygen atoms in total. The number of ether oxygens (including phenoxy) is 1. The molecule has 8 heteroatoms. The molecule has 1 amide bonds. The lowest BCUT2D eigenvalue weighted by Crippen LogP contribution is -2.40. The van der Waals surface area contributed by atoms with Gasteiger partial charge in [0.25, 0.3) is 0 Å². The molecule has 0 atom stereocenters. The number of anilines is 1. The van der Waals surface area contributed by atoms with E-state index in [0.29, 0.717) is 16.5 Å². The van der Waals surface area contributed by atoms with E-state index < -0.39 is 15.6 Å². The van der Waals surface area contributed by atoms with Crippen molar-refractivity contribution in [2.24, 2.45) is 0 Å². The number of sulfonamides is 1. The van der Waals surface area contributed by atoms with Crippen LogP contribution in [0.15, 0.2) is 53.4 Å². The first kappa shape index (κ1) is 21.2. The van der Waals surface area contributed by atoms with Crippen LogP contribution in [0.5, 0.6) is 5.75 Å². The summed E-state index contributed by atoms with van der Waals surface area (Å²) in [5.74, 6) is 0.343. The van der Waals surface area contributed by atoms with Crippen molar-refractivity contribution in [2.45, 2.75) is 37.6 Å². The molecule has 0 aliphatic rings. The molecule has 2 aromatic rings. The van der Waals surface area contributed by atoms with Gasteiger partial charge in [0.2, 0.25) is 15.9 Å². The lowest BCUT2D eigenvalue weighted by atomic mass is 10.1. The summed E-state index contributed by atoms with van der Waals surface area (Å²) in [5.41, 5.74) is -0.194. The zero-order valence-electron chi connectivity index (χ0n) is 15.5. The van der Waals surface area contributed by atoms with E-state index in [1.807, 2.05) is 0 Å². The van der Waals surface area contributed by atoms with Gasteiger partial charge in [0.15, 0.2) is 0 Å². The maximum absolute atomic E-state index is 12.4. The smallest absolute Gasteiger partial charge is 0.241 e. The van der Waals surface area contributed by atoms with E-state index in [9.17, 15) is 13.2 Å². The molecule has 0 heterocycles. The molecule has 27 heavy (non-hydrogen) atoms. The van der Waals surface area contributed by atoms with Crippen molar-refractivity contribution in [3.63, 3.8) is 0 Å². The number of nitrogens with one attached hydrogen (secondary N) is 2. The van der Waals surface area contributed by atoms with Gasteiger partial charge in [0.1, 0.15) is 5.75 Å². The number of carbonyl (C=O) groups is 1. The third-order valence-electron chi connectivity index (χ3n) is 3.28. The van der Waals surface area contributed by atoms with E-state index >= 15 is 0 Å². The predicted molar refractivity (Wildman–Crippen MR) is 107 cm³/mol. The molecule has 0 aliphatic carbocycles. The van der Waals surface area contributed by atoms with Crippen LogP contribution in [-0.2, 0) is 14.8 Å². The summed E-state index contributed by atoms with van der Waals surface area (Å²) < 4.78 is 32.8. The van der Waals surface area contributed by atoms with E-state index in [-0.39, 0.29) is 23.8 Å². The number of rotatable bonds is 7. The highest BCUT2D eigenvalue weighted by molar-refractivity contribution is 7.89. The van der Waals surface area contributed by atoms with Crippen LogP contribution >= 0.6 is 11.6 Å². The van der Waals surface area contributed by atoms with Gasteiger partial charge in [-0.15, -0.1) is 0 Å². The number of benzene rings is 2. The minimum absolute atomic E-state index is 0.0904. The summed E-state index contributed by atoms with van der Waals surface area (Å²) in [4.78, 5) is 12.2. The highest BCUT2D eigenvalue weighted by Crippen LogP contribution is 2.18. The maximum atomic E-state index is 12.4. The van der Waals surface area contributed by atoms with Gasteiger partial charge >= 0.3 is 0 Å². The van der Waals surface area contributed by atoms with Gasteiger partial charge in [-0.05, 0) is 63.2 Å². The van der Waals surface area contributed by atoms with Crippen LogP contribution in [0.25, 0.3) is 0 Å². The minimum Gasteiger partial charge on any atom is -0.493 e. The number of carbonyl (C=O) groups excluding carboxylic acids is 1. The molecule has 0 aromatic heterocycles. The third kappa shape index (κ3) is 7.21. The molecule has 0 unspecified atom stereocenters. The second-order valence-corrected chi connectivity index (χ2v) is 9.10. The van der Waals surface area contributed by atoms with Gasteiger partial charge in [-0.25, -0.2) is 13.1 Å². The number of hydrogen-bond donors (Lipinski definition) is 2. The number of hydrogen-bond acceptors (Lipinski definition) is 4. The molecule has 2 aromatic carbocycles. The van der Waals surface area contributed by atoms with Crippen LogP contribution in [0, 0.1) is 0 Å². The standard InChI is InChI=1S/C19H23ClN2O4S/c1-19(2,3)22-27(24,25)17-6-4-5-15(13-17)21-18(23)11-12-26-16-9-7-14(20)8-10-16/h4-10,13,22H,11-12H2,1-3H3,(H,21,23). The van der Waals surface area contributed by atoms with Crippen molar-refractivity contribution in [1.29, 1.82) is 0 Å². The Morgan fingerprint density at radius 3 is 2.41 bits per heavy atom. The molecule has 0 fully saturated rings.